The molecule has 3 aromatic carbocycles. The van der Waals surface area contributed by atoms with Gasteiger partial charge in [0.2, 0.25) is 8.32 Å². The number of hydrogen-bond acceptors (Lipinski definition) is 4. The number of hydrogen-bond donors (Lipinski definition) is 0. The first-order valence-corrected chi connectivity index (χ1v) is 15.9. The molecule has 2 heterocycles. The SMILES string of the molecule is CC(C)(C)[Si](C)(C)Oc1cccc(C2=CN3C(=O)C(=Cc4ccc(F)cc4)N=C3C(Cc3ccccc3)=N2)c1. The molecule has 3 aromatic rings. The Hall–Kier alpha value is -4.10. The van der Waals surface area contributed by atoms with Crippen molar-refractivity contribution < 1.29 is 13.6 Å². The van der Waals surface area contributed by atoms with Crippen LogP contribution in [0.15, 0.2) is 101 Å². The summed E-state index contributed by atoms with van der Waals surface area (Å²) in [6, 6.07) is 23.9. The average Bonchev–Trinajstić information content (AvgIpc) is 3.20. The number of fused-ring (bicyclic) bond motifs is 1. The molecule has 0 aliphatic carbocycles. The van der Waals surface area contributed by atoms with Crippen molar-refractivity contribution in [2.75, 3.05) is 0 Å². The zero-order valence-electron chi connectivity index (χ0n) is 22.9. The Bertz CT molecular complexity index is 1530. The number of rotatable bonds is 6. The van der Waals surface area contributed by atoms with Crippen molar-refractivity contribution in [1.29, 1.82) is 0 Å². The first-order chi connectivity index (χ1) is 18.5. The van der Waals surface area contributed by atoms with E-state index in [1.54, 1.807) is 29.3 Å². The third-order valence-electron chi connectivity index (χ3n) is 7.35. The second kappa shape index (κ2) is 10.2. The number of amides is 1. The van der Waals surface area contributed by atoms with Gasteiger partial charge in [0, 0.05) is 18.2 Å². The zero-order chi connectivity index (χ0) is 27.8. The topological polar surface area (TPSA) is 54.3 Å². The Morgan fingerprint density at radius 3 is 2.36 bits per heavy atom. The van der Waals surface area contributed by atoms with Gasteiger partial charge in [0.05, 0.1) is 11.4 Å². The molecule has 0 unspecified atom stereocenters. The summed E-state index contributed by atoms with van der Waals surface area (Å²) in [6.45, 7) is 11.1. The maximum Gasteiger partial charge on any atom is 0.282 e. The third kappa shape index (κ3) is 5.68. The van der Waals surface area contributed by atoms with Crippen molar-refractivity contribution in [2.24, 2.45) is 9.98 Å². The van der Waals surface area contributed by atoms with Crippen LogP contribution in [0.2, 0.25) is 18.1 Å². The fourth-order valence-corrected chi connectivity index (χ4v) is 5.15. The van der Waals surface area contributed by atoms with Gasteiger partial charge >= 0.3 is 0 Å². The Labute approximate surface area is 230 Å². The molecule has 2 aliphatic heterocycles. The van der Waals surface area contributed by atoms with Gasteiger partial charge in [-0.2, -0.15) is 0 Å². The smallest absolute Gasteiger partial charge is 0.282 e. The second-order valence-electron chi connectivity index (χ2n) is 11.3. The minimum atomic E-state index is -2.03. The number of carbonyl (C=O) groups excluding carboxylic acids is 1. The quantitative estimate of drug-likeness (QED) is 0.242. The van der Waals surface area contributed by atoms with Gasteiger partial charge in [-0.15, -0.1) is 0 Å². The highest BCUT2D eigenvalue weighted by Crippen LogP contribution is 2.38. The predicted molar refractivity (Wildman–Crippen MR) is 158 cm³/mol. The Morgan fingerprint density at radius 2 is 1.67 bits per heavy atom. The highest BCUT2D eigenvalue weighted by Gasteiger charge is 2.39. The van der Waals surface area contributed by atoms with Crippen molar-refractivity contribution >= 4 is 37.5 Å². The first-order valence-electron chi connectivity index (χ1n) is 13.0. The van der Waals surface area contributed by atoms with E-state index in [9.17, 15) is 9.18 Å². The standard InChI is InChI=1S/C32H32FN3O2Si/c1-32(2,3)39(4,5)38-26-13-9-12-24(20-26)29-21-36-30(27(34-29)18-22-10-7-6-8-11-22)35-28(31(36)37)19-23-14-16-25(33)17-15-23/h6-17,19-21H,18H2,1-5H3. The molecule has 0 radical (unpaired) electrons. The van der Waals surface area contributed by atoms with Crippen molar-refractivity contribution in [3.63, 3.8) is 0 Å². The second-order valence-corrected chi connectivity index (χ2v) is 16.0. The highest BCUT2D eigenvalue weighted by atomic mass is 28.4. The van der Waals surface area contributed by atoms with Gasteiger partial charge in [0.1, 0.15) is 17.3 Å². The van der Waals surface area contributed by atoms with Crippen molar-refractivity contribution in [1.82, 2.24) is 4.90 Å². The number of amidine groups is 1. The third-order valence-corrected chi connectivity index (χ3v) is 11.7. The van der Waals surface area contributed by atoms with Crippen LogP contribution in [0.1, 0.15) is 37.5 Å². The summed E-state index contributed by atoms with van der Waals surface area (Å²) in [7, 11) is -2.03. The van der Waals surface area contributed by atoms with Crippen LogP contribution in [0.5, 0.6) is 5.75 Å². The van der Waals surface area contributed by atoms with Gasteiger partial charge in [-0.1, -0.05) is 75.4 Å². The van der Waals surface area contributed by atoms with E-state index in [0.717, 1.165) is 16.9 Å². The molecule has 5 nitrogen and oxygen atoms in total. The molecule has 0 atom stereocenters. The zero-order valence-corrected chi connectivity index (χ0v) is 23.9. The average molecular weight is 538 g/mol. The van der Waals surface area contributed by atoms with Crippen LogP contribution < -0.4 is 4.43 Å². The molecular formula is C32H32FN3O2Si. The summed E-state index contributed by atoms with van der Waals surface area (Å²) < 4.78 is 19.9. The van der Waals surface area contributed by atoms with Gasteiger partial charge in [-0.25, -0.2) is 14.4 Å². The Balaban J connectivity index is 1.53. The summed E-state index contributed by atoms with van der Waals surface area (Å²) >= 11 is 0. The molecule has 0 saturated heterocycles. The largest absolute Gasteiger partial charge is 0.543 e. The lowest BCUT2D eigenvalue weighted by Gasteiger charge is -2.36. The number of aliphatic imine (C=N–C) groups is 2. The molecule has 0 spiro atoms. The molecule has 39 heavy (non-hydrogen) atoms. The van der Waals surface area contributed by atoms with Crippen LogP contribution in [-0.2, 0) is 11.2 Å². The summed E-state index contributed by atoms with van der Waals surface area (Å²) in [4.78, 5) is 24.7. The highest BCUT2D eigenvalue weighted by molar-refractivity contribution is 6.74. The van der Waals surface area contributed by atoms with E-state index in [2.05, 4.69) is 38.9 Å². The normalized spacial score (nSPS) is 16.6. The van der Waals surface area contributed by atoms with Gasteiger partial charge in [0.25, 0.3) is 5.91 Å². The van der Waals surface area contributed by atoms with Crippen LogP contribution in [0.3, 0.4) is 0 Å². The first kappa shape index (κ1) is 26.5. The molecule has 0 N–H and O–H groups in total. The van der Waals surface area contributed by atoms with Gasteiger partial charge < -0.3 is 4.43 Å². The van der Waals surface area contributed by atoms with E-state index in [0.29, 0.717) is 29.2 Å². The number of benzene rings is 3. The molecule has 1 amide bonds. The van der Waals surface area contributed by atoms with Crippen molar-refractivity contribution in [2.45, 2.75) is 45.3 Å². The Kier molecular flexibility index (Phi) is 6.95. The van der Waals surface area contributed by atoms with E-state index >= 15 is 0 Å². The van der Waals surface area contributed by atoms with Crippen LogP contribution in [-0.4, -0.2) is 30.7 Å². The van der Waals surface area contributed by atoms with Crippen molar-refractivity contribution in [3.05, 3.63) is 113 Å². The van der Waals surface area contributed by atoms with E-state index < -0.39 is 8.32 Å². The number of carbonyl (C=O) groups is 1. The van der Waals surface area contributed by atoms with Gasteiger partial charge in [0.15, 0.2) is 5.84 Å². The van der Waals surface area contributed by atoms with E-state index in [1.165, 1.54) is 12.1 Å². The summed E-state index contributed by atoms with van der Waals surface area (Å²) in [5.41, 5.74) is 4.27. The maximum absolute atomic E-state index is 13.5. The number of halogens is 1. The monoisotopic (exact) mass is 537 g/mol. The number of nitrogens with zero attached hydrogens (tertiary/aromatic N) is 3. The summed E-state index contributed by atoms with van der Waals surface area (Å²) in [5, 5.41) is 0.0642. The van der Waals surface area contributed by atoms with E-state index in [4.69, 9.17) is 9.42 Å². The molecular weight excluding hydrogens is 505 g/mol. The molecule has 0 aromatic heterocycles. The lowest BCUT2D eigenvalue weighted by molar-refractivity contribution is -0.120. The maximum atomic E-state index is 13.5. The fraction of sp³-hybridized carbons (Fsp3) is 0.219. The van der Waals surface area contributed by atoms with Gasteiger partial charge in [-0.3, -0.25) is 9.69 Å². The summed E-state index contributed by atoms with van der Waals surface area (Å²) in [6.07, 6.45) is 3.94. The molecule has 5 rings (SSSR count). The summed E-state index contributed by atoms with van der Waals surface area (Å²) in [5.74, 6) is 0.725. The molecule has 0 fully saturated rings. The lowest BCUT2D eigenvalue weighted by Crippen LogP contribution is -2.43. The van der Waals surface area contributed by atoms with Crippen LogP contribution >= 0.6 is 0 Å². The fourth-order valence-electron chi connectivity index (χ4n) is 4.13. The minimum absolute atomic E-state index is 0.0642. The molecule has 198 valence electrons. The minimum Gasteiger partial charge on any atom is -0.543 e. The van der Waals surface area contributed by atoms with Crippen LogP contribution in [0, 0.1) is 5.82 Å². The molecule has 7 heteroatoms. The van der Waals surface area contributed by atoms with E-state index in [1.807, 2.05) is 54.6 Å². The van der Waals surface area contributed by atoms with Crippen molar-refractivity contribution in [3.8, 4) is 5.75 Å². The van der Waals surface area contributed by atoms with E-state index in [-0.39, 0.29) is 22.5 Å². The molecule has 0 saturated carbocycles. The Morgan fingerprint density at radius 1 is 0.949 bits per heavy atom. The molecule has 0 bridgehead atoms. The van der Waals surface area contributed by atoms with Gasteiger partial charge in [-0.05, 0) is 59.6 Å². The predicted octanol–water partition coefficient (Wildman–Crippen LogP) is 7.49. The van der Waals surface area contributed by atoms with Crippen LogP contribution in [0.4, 0.5) is 4.39 Å². The van der Waals surface area contributed by atoms with Crippen LogP contribution in [0.25, 0.3) is 11.8 Å². The molecule has 2 aliphatic rings. The lowest BCUT2D eigenvalue weighted by atomic mass is 10.0.